The van der Waals surface area contributed by atoms with Gasteiger partial charge in [-0.25, -0.2) is 0 Å². The fourth-order valence-corrected chi connectivity index (χ4v) is 1.89. The summed E-state index contributed by atoms with van der Waals surface area (Å²) in [5, 5.41) is 6.67. The molecule has 13 heavy (non-hydrogen) atoms. The summed E-state index contributed by atoms with van der Waals surface area (Å²) in [5.41, 5.74) is 0. The fraction of sp³-hybridized carbons (Fsp3) is 1.00. The lowest BCUT2D eigenvalue weighted by molar-refractivity contribution is 0.388. The standard InChI is InChI=1S/C10H23N3/c1-11-5-3-6-12-8-10-4-7-13(2)9-10/h10-12H,3-9H2,1-2H3. The Morgan fingerprint density at radius 3 is 2.85 bits per heavy atom. The highest BCUT2D eigenvalue weighted by Crippen LogP contribution is 2.12. The Hall–Kier alpha value is -0.120. The van der Waals surface area contributed by atoms with Crippen LogP contribution in [0.25, 0.3) is 0 Å². The third kappa shape index (κ3) is 4.60. The molecule has 3 heteroatoms. The van der Waals surface area contributed by atoms with E-state index in [1.165, 1.54) is 32.5 Å². The molecule has 0 radical (unpaired) electrons. The number of nitrogens with one attached hydrogen (secondary N) is 2. The van der Waals surface area contributed by atoms with E-state index < -0.39 is 0 Å². The molecule has 1 aliphatic heterocycles. The normalized spacial score (nSPS) is 24.0. The quantitative estimate of drug-likeness (QED) is 0.576. The Labute approximate surface area is 81.9 Å². The van der Waals surface area contributed by atoms with Crippen molar-refractivity contribution in [3.8, 4) is 0 Å². The van der Waals surface area contributed by atoms with E-state index in [-0.39, 0.29) is 0 Å². The lowest BCUT2D eigenvalue weighted by Gasteiger charge is -2.11. The second-order valence-corrected chi connectivity index (χ2v) is 4.08. The molecule has 0 bridgehead atoms. The van der Waals surface area contributed by atoms with Crippen molar-refractivity contribution in [1.82, 2.24) is 15.5 Å². The summed E-state index contributed by atoms with van der Waals surface area (Å²) >= 11 is 0. The summed E-state index contributed by atoms with van der Waals surface area (Å²) < 4.78 is 0. The third-order valence-corrected chi connectivity index (χ3v) is 2.70. The first-order valence-corrected chi connectivity index (χ1v) is 5.37. The van der Waals surface area contributed by atoms with Gasteiger partial charge in [-0.2, -0.15) is 0 Å². The summed E-state index contributed by atoms with van der Waals surface area (Å²) in [6.07, 6.45) is 2.61. The summed E-state index contributed by atoms with van der Waals surface area (Å²) in [6.45, 7) is 6.04. The van der Waals surface area contributed by atoms with Gasteiger partial charge in [-0.15, -0.1) is 0 Å². The Kier molecular flexibility index (Phi) is 5.35. The van der Waals surface area contributed by atoms with Crippen LogP contribution in [0.2, 0.25) is 0 Å². The Morgan fingerprint density at radius 2 is 2.23 bits per heavy atom. The van der Waals surface area contributed by atoms with Gasteiger partial charge < -0.3 is 15.5 Å². The van der Waals surface area contributed by atoms with E-state index in [9.17, 15) is 0 Å². The monoisotopic (exact) mass is 185 g/mol. The van der Waals surface area contributed by atoms with Crippen LogP contribution in [0.15, 0.2) is 0 Å². The van der Waals surface area contributed by atoms with Crippen molar-refractivity contribution in [2.24, 2.45) is 5.92 Å². The number of hydrogen-bond acceptors (Lipinski definition) is 3. The topological polar surface area (TPSA) is 27.3 Å². The molecule has 0 aromatic carbocycles. The molecule has 2 N–H and O–H groups in total. The van der Waals surface area contributed by atoms with Gasteiger partial charge >= 0.3 is 0 Å². The van der Waals surface area contributed by atoms with E-state index >= 15 is 0 Å². The average molecular weight is 185 g/mol. The Morgan fingerprint density at radius 1 is 1.38 bits per heavy atom. The predicted octanol–water partition coefficient (Wildman–Crippen LogP) is 0.137. The van der Waals surface area contributed by atoms with Crippen LogP contribution in [-0.4, -0.2) is 51.7 Å². The van der Waals surface area contributed by atoms with Crippen LogP contribution in [-0.2, 0) is 0 Å². The molecule has 1 aliphatic rings. The van der Waals surface area contributed by atoms with E-state index in [2.05, 4.69) is 22.6 Å². The SMILES string of the molecule is CNCCCNCC1CCN(C)C1. The smallest absolute Gasteiger partial charge is 0.00192 e. The van der Waals surface area contributed by atoms with Crippen LogP contribution in [0.1, 0.15) is 12.8 Å². The van der Waals surface area contributed by atoms with Crippen molar-refractivity contribution in [2.75, 3.05) is 46.8 Å². The molecule has 78 valence electrons. The molecule has 0 amide bonds. The van der Waals surface area contributed by atoms with Gasteiger partial charge in [-0.3, -0.25) is 0 Å². The van der Waals surface area contributed by atoms with E-state index in [4.69, 9.17) is 0 Å². The van der Waals surface area contributed by atoms with Crippen molar-refractivity contribution in [3.05, 3.63) is 0 Å². The largest absolute Gasteiger partial charge is 0.320 e. The van der Waals surface area contributed by atoms with Gasteiger partial charge in [0.1, 0.15) is 0 Å². The Balaban J connectivity index is 1.88. The maximum Gasteiger partial charge on any atom is 0.00192 e. The van der Waals surface area contributed by atoms with Crippen molar-refractivity contribution in [3.63, 3.8) is 0 Å². The number of likely N-dealkylation sites (tertiary alicyclic amines) is 1. The maximum atomic E-state index is 3.52. The predicted molar refractivity (Wildman–Crippen MR) is 57.0 cm³/mol. The highest BCUT2D eigenvalue weighted by Gasteiger charge is 2.18. The average Bonchev–Trinajstić information content (AvgIpc) is 2.51. The first-order chi connectivity index (χ1) is 6.33. The van der Waals surface area contributed by atoms with Gasteiger partial charge in [0, 0.05) is 6.54 Å². The molecule has 0 aliphatic carbocycles. The zero-order valence-electron chi connectivity index (χ0n) is 8.97. The minimum Gasteiger partial charge on any atom is -0.320 e. The molecule has 3 nitrogen and oxygen atoms in total. The van der Waals surface area contributed by atoms with Crippen molar-refractivity contribution in [1.29, 1.82) is 0 Å². The molecule has 0 spiro atoms. The summed E-state index contributed by atoms with van der Waals surface area (Å²) in [7, 11) is 4.22. The summed E-state index contributed by atoms with van der Waals surface area (Å²) in [6, 6.07) is 0. The molecule has 1 fully saturated rings. The van der Waals surface area contributed by atoms with Gasteiger partial charge in [0.05, 0.1) is 0 Å². The highest BCUT2D eigenvalue weighted by atomic mass is 15.1. The highest BCUT2D eigenvalue weighted by molar-refractivity contribution is 4.74. The van der Waals surface area contributed by atoms with Gasteiger partial charge in [0.2, 0.25) is 0 Å². The maximum absolute atomic E-state index is 3.52. The minimum absolute atomic E-state index is 0.889. The molecular formula is C10H23N3. The first-order valence-electron chi connectivity index (χ1n) is 5.37. The third-order valence-electron chi connectivity index (χ3n) is 2.70. The van der Waals surface area contributed by atoms with Gasteiger partial charge in [-0.1, -0.05) is 0 Å². The van der Waals surface area contributed by atoms with Crippen LogP contribution < -0.4 is 10.6 Å². The Bertz CT molecular complexity index is 127. The summed E-state index contributed by atoms with van der Waals surface area (Å²) in [5.74, 6) is 0.889. The van der Waals surface area contributed by atoms with E-state index in [0.29, 0.717) is 0 Å². The molecule has 1 atom stereocenters. The molecule has 0 aromatic heterocycles. The van der Waals surface area contributed by atoms with Crippen LogP contribution in [0.3, 0.4) is 0 Å². The molecule has 1 unspecified atom stereocenters. The van der Waals surface area contributed by atoms with Crippen LogP contribution in [0, 0.1) is 5.92 Å². The molecule has 1 heterocycles. The van der Waals surface area contributed by atoms with Gasteiger partial charge in [0.25, 0.3) is 0 Å². The molecule has 0 aromatic rings. The van der Waals surface area contributed by atoms with Crippen molar-refractivity contribution < 1.29 is 0 Å². The minimum atomic E-state index is 0.889. The lowest BCUT2D eigenvalue weighted by atomic mass is 10.1. The van der Waals surface area contributed by atoms with E-state index in [0.717, 1.165) is 19.0 Å². The summed E-state index contributed by atoms with van der Waals surface area (Å²) in [4.78, 5) is 2.42. The lowest BCUT2D eigenvalue weighted by Crippen LogP contribution is -2.27. The van der Waals surface area contributed by atoms with Gasteiger partial charge in [-0.05, 0) is 59.0 Å². The first kappa shape index (κ1) is 11.0. The molecular weight excluding hydrogens is 162 g/mol. The zero-order valence-corrected chi connectivity index (χ0v) is 8.97. The molecule has 0 saturated carbocycles. The number of hydrogen-bond donors (Lipinski definition) is 2. The van der Waals surface area contributed by atoms with Crippen LogP contribution in [0.5, 0.6) is 0 Å². The molecule has 1 rings (SSSR count). The number of rotatable bonds is 6. The fourth-order valence-electron chi connectivity index (χ4n) is 1.89. The number of nitrogens with zero attached hydrogens (tertiary/aromatic N) is 1. The van der Waals surface area contributed by atoms with E-state index in [1.807, 2.05) is 7.05 Å². The van der Waals surface area contributed by atoms with Crippen molar-refractivity contribution in [2.45, 2.75) is 12.8 Å². The van der Waals surface area contributed by atoms with Crippen molar-refractivity contribution >= 4 is 0 Å². The van der Waals surface area contributed by atoms with Gasteiger partial charge in [0.15, 0.2) is 0 Å². The zero-order chi connectivity index (χ0) is 9.52. The van der Waals surface area contributed by atoms with E-state index in [1.54, 1.807) is 0 Å². The van der Waals surface area contributed by atoms with Crippen LogP contribution >= 0.6 is 0 Å². The second-order valence-electron chi connectivity index (χ2n) is 4.08. The second kappa shape index (κ2) is 6.35. The molecule has 1 saturated heterocycles. The van der Waals surface area contributed by atoms with Crippen LogP contribution in [0.4, 0.5) is 0 Å².